The molecule has 6 nitrogen and oxygen atoms in total. The van der Waals surface area contributed by atoms with E-state index in [1.807, 2.05) is 21.6 Å². The van der Waals surface area contributed by atoms with Gasteiger partial charge in [-0.05, 0) is 31.6 Å². The topological polar surface area (TPSA) is 57.2 Å². The number of aryl methyl sites for hydroxylation is 2. The number of aromatic amines is 1. The fourth-order valence-electron chi connectivity index (χ4n) is 4.04. The normalized spacial score (nSPS) is 14.7. The highest BCUT2D eigenvalue weighted by Gasteiger charge is 2.21. The van der Waals surface area contributed by atoms with E-state index in [9.17, 15) is 4.79 Å². The predicted octanol–water partition coefficient (Wildman–Crippen LogP) is 3.96. The van der Waals surface area contributed by atoms with Gasteiger partial charge in [-0.2, -0.15) is 5.10 Å². The molecule has 1 aliphatic rings. The first kappa shape index (κ1) is 21.5. The van der Waals surface area contributed by atoms with E-state index in [1.165, 1.54) is 16.7 Å². The number of hydrogen-bond acceptors (Lipinski definition) is 4. The van der Waals surface area contributed by atoms with E-state index in [0.29, 0.717) is 17.7 Å². The maximum Gasteiger partial charge on any atom is 0.224 e. The van der Waals surface area contributed by atoms with Crippen molar-refractivity contribution in [2.24, 2.45) is 0 Å². The molecule has 0 spiro atoms. The van der Waals surface area contributed by atoms with Gasteiger partial charge in [-0.25, -0.2) is 0 Å². The Kier molecular flexibility index (Phi) is 6.63. The molecule has 7 heteroatoms. The van der Waals surface area contributed by atoms with Gasteiger partial charge in [0.15, 0.2) is 10.6 Å². The zero-order chi connectivity index (χ0) is 21.8. The van der Waals surface area contributed by atoms with Crippen molar-refractivity contribution in [1.82, 2.24) is 24.6 Å². The number of carbonyl (C=O) groups is 1. The van der Waals surface area contributed by atoms with Crippen molar-refractivity contribution < 1.29 is 4.79 Å². The quantitative estimate of drug-likeness (QED) is 0.596. The van der Waals surface area contributed by atoms with Gasteiger partial charge >= 0.3 is 0 Å². The van der Waals surface area contributed by atoms with Crippen LogP contribution in [0, 0.1) is 18.6 Å². The highest BCUT2D eigenvalue weighted by Crippen LogP contribution is 2.19. The van der Waals surface area contributed by atoms with E-state index >= 15 is 0 Å². The van der Waals surface area contributed by atoms with E-state index in [2.05, 4.69) is 65.3 Å². The summed E-state index contributed by atoms with van der Waals surface area (Å²) in [5.74, 6) is 0.953. The Morgan fingerprint density at radius 3 is 2.48 bits per heavy atom. The third-order valence-corrected chi connectivity index (χ3v) is 6.14. The molecule has 0 radical (unpaired) electrons. The van der Waals surface area contributed by atoms with E-state index in [-0.39, 0.29) is 5.91 Å². The summed E-state index contributed by atoms with van der Waals surface area (Å²) in [6.07, 6.45) is 0.421. The lowest BCUT2D eigenvalue weighted by atomic mass is 10.1. The SMILES string of the molecule is Cc1ccc(-c2n[nH]c(=S)n2CCC(=O)N2CCN(Cc3cccc(C)c3)CC2)cc1. The zero-order valence-electron chi connectivity index (χ0n) is 18.2. The molecule has 0 atom stereocenters. The number of H-pyrrole nitrogens is 1. The standard InChI is InChI=1S/C24H29N5OS/c1-18-6-8-21(9-7-18)23-25-26-24(31)29(23)11-10-22(30)28-14-12-27(13-15-28)17-20-5-3-4-19(2)16-20/h3-9,16H,10-15,17H2,1-2H3,(H,26,31). The molecule has 3 aromatic rings. The minimum Gasteiger partial charge on any atom is -0.340 e. The van der Waals surface area contributed by atoms with Gasteiger partial charge in [0.05, 0.1) is 0 Å². The first-order chi connectivity index (χ1) is 15.0. The number of amides is 1. The summed E-state index contributed by atoms with van der Waals surface area (Å²) in [5, 5.41) is 7.25. The van der Waals surface area contributed by atoms with Gasteiger partial charge < -0.3 is 4.90 Å². The molecule has 162 valence electrons. The van der Waals surface area contributed by atoms with Crippen molar-refractivity contribution in [2.75, 3.05) is 26.2 Å². The van der Waals surface area contributed by atoms with E-state index in [4.69, 9.17) is 12.2 Å². The highest BCUT2D eigenvalue weighted by molar-refractivity contribution is 7.71. The summed E-state index contributed by atoms with van der Waals surface area (Å²) in [6.45, 7) is 8.99. The summed E-state index contributed by atoms with van der Waals surface area (Å²) in [4.78, 5) is 17.2. The molecule has 1 fully saturated rings. The van der Waals surface area contributed by atoms with Crippen LogP contribution < -0.4 is 0 Å². The van der Waals surface area contributed by atoms with Crippen LogP contribution in [0.2, 0.25) is 0 Å². The van der Waals surface area contributed by atoms with Gasteiger partial charge in [0, 0.05) is 51.3 Å². The number of piperazine rings is 1. The third kappa shape index (κ3) is 5.29. The maximum atomic E-state index is 12.8. The van der Waals surface area contributed by atoms with Crippen LogP contribution in [0.5, 0.6) is 0 Å². The Morgan fingerprint density at radius 2 is 1.77 bits per heavy atom. The summed E-state index contributed by atoms with van der Waals surface area (Å²) < 4.78 is 2.47. The Balaban J connectivity index is 1.32. The largest absolute Gasteiger partial charge is 0.340 e. The first-order valence-corrected chi connectivity index (χ1v) is 11.2. The zero-order valence-corrected chi connectivity index (χ0v) is 19.0. The molecule has 1 N–H and O–H groups in total. The van der Waals surface area contributed by atoms with E-state index < -0.39 is 0 Å². The van der Waals surface area contributed by atoms with Crippen LogP contribution in [0.3, 0.4) is 0 Å². The number of benzene rings is 2. The van der Waals surface area contributed by atoms with Crippen molar-refractivity contribution in [2.45, 2.75) is 33.4 Å². The number of nitrogens with zero attached hydrogens (tertiary/aromatic N) is 4. The molecular formula is C24H29N5OS. The summed E-state index contributed by atoms with van der Waals surface area (Å²) in [7, 11) is 0. The third-order valence-electron chi connectivity index (χ3n) is 5.83. The van der Waals surface area contributed by atoms with Gasteiger partial charge in [-0.3, -0.25) is 19.4 Å². The fourth-order valence-corrected chi connectivity index (χ4v) is 4.26. The molecular weight excluding hydrogens is 406 g/mol. The van der Waals surface area contributed by atoms with E-state index in [1.54, 1.807) is 0 Å². The number of nitrogens with one attached hydrogen (secondary N) is 1. The average Bonchev–Trinajstić information content (AvgIpc) is 3.13. The lowest BCUT2D eigenvalue weighted by molar-refractivity contribution is -0.133. The molecule has 2 aromatic carbocycles. The Bertz CT molecular complexity index is 1090. The van der Waals surface area contributed by atoms with Crippen LogP contribution in [-0.4, -0.2) is 56.7 Å². The van der Waals surface area contributed by atoms with Crippen molar-refractivity contribution in [3.05, 3.63) is 70.0 Å². The summed E-state index contributed by atoms with van der Waals surface area (Å²) in [5.41, 5.74) is 4.81. The molecule has 4 rings (SSSR count). The second-order valence-corrected chi connectivity index (χ2v) is 8.65. The number of aromatic nitrogens is 3. The maximum absolute atomic E-state index is 12.8. The minimum absolute atomic E-state index is 0.174. The van der Waals surface area contributed by atoms with Gasteiger partial charge in [0.1, 0.15) is 0 Å². The number of rotatable bonds is 6. The van der Waals surface area contributed by atoms with Crippen molar-refractivity contribution in [3.8, 4) is 11.4 Å². The van der Waals surface area contributed by atoms with Crippen molar-refractivity contribution in [1.29, 1.82) is 0 Å². The predicted molar refractivity (Wildman–Crippen MR) is 125 cm³/mol. The molecule has 0 unspecified atom stereocenters. The number of hydrogen-bond donors (Lipinski definition) is 1. The second kappa shape index (κ2) is 9.58. The van der Waals surface area contributed by atoms with Crippen LogP contribution in [0.15, 0.2) is 48.5 Å². The fraction of sp³-hybridized carbons (Fsp3) is 0.375. The summed E-state index contributed by atoms with van der Waals surface area (Å²) in [6, 6.07) is 16.8. The molecule has 0 bridgehead atoms. The van der Waals surface area contributed by atoms with Crippen molar-refractivity contribution in [3.63, 3.8) is 0 Å². The van der Waals surface area contributed by atoms with E-state index in [0.717, 1.165) is 44.1 Å². The minimum atomic E-state index is 0.174. The molecule has 1 aromatic heterocycles. The molecule has 1 amide bonds. The first-order valence-electron chi connectivity index (χ1n) is 10.8. The average molecular weight is 436 g/mol. The lowest BCUT2D eigenvalue weighted by Crippen LogP contribution is -2.48. The second-order valence-electron chi connectivity index (χ2n) is 8.27. The Labute approximate surface area is 188 Å². The molecule has 2 heterocycles. The highest BCUT2D eigenvalue weighted by atomic mass is 32.1. The van der Waals surface area contributed by atoms with Gasteiger partial charge in [0.25, 0.3) is 0 Å². The van der Waals surface area contributed by atoms with Crippen LogP contribution in [0.4, 0.5) is 0 Å². The molecule has 0 saturated carbocycles. The Hall–Kier alpha value is -2.77. The molecule has 1 saturated heterocycles. The Morgan fingerprint density at radius 1 is 1.03 bits per heavy atom. The van der Waals surface area contributed by atoms with Crippen LogP contribution >= 0.6 is 12.2 Å². The monoisotopic (exact) mass is 435 g/mol. The van der Waals surface area contributed by atoms with Crippen LogP contribution in [-0.2, 0) is 17.9 Å². The smallest absolute Gasteiger partial charge is 0.224 e. The lowest BCUT2D eigenvalue weighted by Gasteiger charge is -2.35. The molecule has 1 aliphatic heterocycles. The van der Waals surface area contributed by atoms with Crippen LogP contribution in [0.1, 0.15) is 23.1 Å². The molecule has 0 aliphatic carbocycles. The van der Waals surface area contributed by atoms with Gasteiger partial charge in [-0.15, -0.1) is 0 Å². The molecule has 31 heavy (non-hydrogen) atoms. The summed E-state index contributed by atoms with van der Waals surface area (Å²) >= 11 is 5.41. The van der Waals surface area contributed by atoms with Crippen LogP contribution in [0.25, 0.3) is 11.4 Å². The van der Waals surface area contributed by atoms with Gasteiger partial charge in [-0.1, -0.05) is 59.7 Å². The van der Waals surface area contributed by atoms with Gasteiger partial charge in [0.2, 0.25) is 5.91 Å². The number of carbonyl (C=O) groups excluding carboxylic acids is 1. The van der Waals surface area contributed by atoms with Crippen molar-refractivity contribution >= 4 is 18.1 Å².